The first-order valence-electron chi connectivity index (χ1n) is 6.20. The third kappa shape index (κ3) is 2.06. The molecule has 0 aliphatic carbocycles. The van der Waals surface area contributed by atoms with Crippen LogP contribution >= 0.6 is 11.6 Å². The van der Waals surface area contributed by atoms with Gasteiger partial charge in [0.25, 0.3) is 5.56 Å². The molecule has 0 unspecified atom stereocenters. The number of nitrogens with zero attached hydrogens (tertiary/aromatic N) is 2. The molecule has 2 aromatic heterocycles. The molecule has 2 N–H and O–H groups in total. The summed E-state index contributed by atoms with van der Waals surface area (Å²) >= 11 is 5.98. The zero-order valence-corrected chi connectivity index (χ0v) is 11.7. The SMILES string of the molecule is CCn1c(=O)[nH]c(=O)c2[nH]c(-c3c(F)cccc3Cl)nc21. The normalized spacial score (nSPS) is 11.2. The van der Waals surface area contributed by atoms with Gasteiger partial charge in [0.2, 0.25) is 0 Å². The van der Waals surface area contributed by atoms with Gasteiger partial charge in [0.05, 0.1) is 10.6 Å². The van der Waals surface area contributed by atoms with Crippen LogP contribution in [0.5, 0.6) is 0 Å². The van der Waals surface area contributed by atoms with Crippen LogP contribution in [0.4, 0.5) is 4.39 Å². The Morgan fingerprint density at radius 2 is 2.10 bits per heavy atom. The van der Waals surface area contributed by atoms with E-state index in [4.69, 9.17) is 11.6 Å². The molecular formula is C13H10ClFN4O2. The number of nitrogens with one attached hydrogen (secondary N) is 2. The topological polar surface area (TPSA) is 83.5 Å². The number of hydrogen-bond donors (Lipinski definition) is 2. The highest BCUT2D eigenvalue weighted by Gasteiger charge is 2.17. The van der Waals surface area contributed by atoms with Crippen LogP contribution in [-0.4, -0.2) is 19.5 Å². The summed E-state index contributed by atoms with van der Waals surface area (Å²) in [4.78, 5) is 32.6. The molecule has 8 heteroatoms. The van der Waals surface area contributed by atoms with Crippen molar-refractivity contribution in [1.82, 2.24) is 19.5 Å². The molecule has 2 heterocycles. The number of rotatable bonds is 2. The Balaban J connectivity index is 2.40. The average Bonchev–Trinajstić information content (AvgIpc) is 2.84. The van der Waals surface area contributed by atoms with E-state index in [0.717, 1.165) is 0 Å². The first-order chi connectivity index (χ1) is 10.0. The largest absolute Gasteiger partial charge is 0.332 e. The van der Waals surface area contributed by atoms with Gasteiger partial charge < -0.3 is 4.98 Å². The number of H-pyrrole nitrogens is 2. The van der Waals surface area contributed by atoms with Gasteiger partial charge in [-0.3, -0.25) is 14.3 Å². The van der Waals surface area contributed by atoms with Gasteiger partial charge in [-0.1, -0.05) is 17.7 Å². The molecule has 0 saturated heterocycles. The van der Waals surface area contributed by atoms with Gasteiger partial charge in [-0.25, -0.2) is 14.2 Å². The van der Waals surface area contributed by atoms with Crippen LogP contribution in [0.2, 0.25) is 5.02 Å². The van der Waals surface area contributed by atoms with Gasteiger partial charge in [0.1, 0.15) is 17.2 Å². The third-order valence-electron chi connectivity index (χ3n) is 3.15. The van der Waals surface area contributed by atoms with Crippen molar-refractivity contribution in [3.63, 3.8) is 0 Å². The van der Waals surface area contributed by atoms with E-state index in [9.17, 15) is 14.0 Å². The van der Waals surface area contributed by atoms with Crippen LogP contribution in [0.1, 0.15) is 6.92 Å². The molecule has 0 spiro atoms. The maximum Gasteiger partial charge on any atom is 0.330 e. The molecular weight excluding hydrogens is 299 g/mol. The summed E-state index contributed by atoms with van der Waals surface area (Å²) in [5.74, 6) is -0.463. The van der Waals surface area contributed by atoms with Crippen molar-refractivity contribution in [2.45, 2.75) is 13.5 Å². The average molecular weight is 309 g/mol. The Labute approximate surface area is 122 Å². The summed E-state index contributed by atoms with van der Waals surface area (Å²) < 4.78 is 15.2. The predicted octanol–water partition coefficient (Wildman–Crippen LogP) is 1.89. The summed E-state index contributed by atoms with van der Waals surface area (Å²) in [5, 5.41) is 0.163. The smallest absolute Gasteiger partial charge is 0.330 e. The van der Waals surface area contributed by atoms with Gasteiger partial charge in [0, 0.05) is 6.54 Å². The Kier molecular flexibility index (Phi) is 3.13. The monoisotopic (exact) mass is 308 g/mol. The van der Waals surface area contributed by atoms with Crippen molar-refractivity contribution in [3.8, 4) is 11.4 Å². The van der Waals surface area contributed by atoms with Crippen molar-refractivity contribution in [2.24, 2.45) is 0 Å². The molecule has 0 bridgehead atoms. The van der Waals surface area contributed by atoms with Crippen molar-refractivity contribution in [3.05, 3.63) is 49.9 Å². The van der Waals surface area contributed by atoms with E-state index >= 15 is 0 Å². The number of benzene rings is 1. The van der Waals surface area contributed by atoms with Crippen LogP contribution in [0, 0.1) is 5.82 Å². The number of halogens is 2. The van der Waals surface area contributed by atoms with Crippen molar-refractivity contribution < 1.29 is 4.39 Å². The predicted molar refractivity (Wildman–Crippen MR) is 77.1 cm³/mol. The Hall–Kier alpha value is -2.41. The zero-order chi connectivity index (χ0) is 15.1. The van der Waals surface area contributed by atoms with E-state index in [1.54, 1.807) is 6.92 Å². The lowest BCUT2D eigenvalue weighted by molar-refractivity contribution is 0.630. The third-order valence-corrected chi connectivity index (χ3v) is 3.46. The molecule has 108 valence electrons. The molecule has 0 radical (unpaired) electrons. The quantitative estimate of drug-likeness (QED) is 0.758. The summed E-state index contributed by atoms with van der Waals surface area (Å²) in [5.41, 5.74) is -0.838. The highest BCUT2D eigenvalue weighted by atomic mass is 35.5. The number of aromatic nitrogens is 4. The van der Waals surface area contributed by atoms with Gasteiger partial charge in [-0.05, 0) is 19.1 Å². The maximum atomic E-state index is 13.9. The van der Waals surface area contributed by atoms with Crippen molar-refractivity contribution >= 4 is 22.8 Å². The first kappa shape index (κ1) is 13.6. The summed E-state index contributed by atoms with van der Waals surface area (Å²) in [6, 6.07) is 4.23. The number of imidazole rings is 1. The van der Waals surface area contributed by atoms with Crippen LogP contribution in [-0.2, 0) is 6.54 Å². The van der Waals surface area contributed by atoms with Crippen LogP contribution in [0.25, 0.3) is 22.6 Å². The number of aryl methyl sites for hydroxylation is 1. The Morgan fingerprint density at radius 1 is 1.33 bits per heavy atom. The molecule has 6 nitrogen and oxygen atoms in total. The lowest BCUT2D eigenvalue weighted by Gasteiger charge is -2.01. The summed E-state index contributed by atoms with van der Waals surface area (Å²) in [6.45, 7) is 2.06. The minimum absolute atomic E-state index is 0.0601. The molecule has 3 aromatic rings. The summed E-state index contributed by atoms with van der Waals surface area (Å²) in [6.07, 6.45) is 0. The first-order valence-corrected chi connectivity index (χ1v) is 6.58. The van der Waals surface area contributed by atoms with Crippen molar-refractivity contribution in [2.75, 3.05) is 0 Å². The van der Waals surface area contributed by atoms with E-state index in [1.165, 1.54) is 22.8 Å². The number of hydrogen-bond acceptors (Lipinski definition) is 3. The maximum absolute atomic E-state index is 13.9. The molecule has 0 amide bonds. The van der Waals surface area contributed by atoms with Crippen LogP contribution in [0.15, 0.2) is 27.8 Å². The molecule has 0 atom stereocenters. The molecule has 0 aliphatic heterocycles. The number of fused-ring (bicyclic) bond motifs is 1. The lowest BCUT2D eigenvalue weighted by atomic mass is 10.2. The molecule has 0 saturated carbocycles. The molecule has 3 rings (SSSR count). The molecule has 21 heavy (non-hydrogen) atoms. The van der Waals surface area contributed by atoms with Crippen molar-refractivity contribution in [1.29, 1.82) is 0 Å². The highest BCUT2D eigenvalue weighted by molar-refractivity contribution is 6.33. The van der Waals surface area contributed by atoms with Gasteiger partial charge in [0.15, 0.2) is 5.65 Å². The second-order valence-corrected chi connectivity index (χ2v) is 4.79. The van der Waals surface area contributed by atoms with E-state index < -0.39 is 17.1 Å². The fraction of sp³-hybridized carbons (Fsp3) is 0.154. The number of aromatic amines is 2. The minimum Gasteiger partial charge on any atom is -0.332 e. The zero-order valence-electron chi connectivity index (χ0n) is 10.9. The van der Waals surface area contributed by atoms with E-state index in [2.05, 4.69) is 15.0 Å². The van der Waals surface area contributed by atoms with Gasteiger partial charge in [-0.2, -0.15) is 0 Å². The molecule has 0 fully saturated rings. The second-order valence-electron chi connectivity index (χ2n) is 4.38. The standard InChI is InChI=1S/C13H10ClFN4O2/c1-2-19-11-9(12(20)18-13(19)21)16-10(17-11)8-6(14)4-3-5-7(8)15/h3-5H,2H2,1H3,(H,16,17)(H,18,20,21). The van der Waals surface area contributed by atoms with Gasteiger partial charge in [-0.15, -0.1) is 0 Å². The van der Waals surface area contributed by atoms with E-state index in [1.807, 2.05) is 0 Å². The highest BCUT2D eigenvalue weighted by Crippen LogP contribution is 2.29. The van der Waals surface area contributed by atoms with Crippen LogP contribution in [0.3, 0.4) is 0 Å². The van der Waals surface area contributed by atoms with Crippen LogP contribution < -0.4 is 11.2 Å². The Bertz CT molecular complexity index is 937. The van der Waals surface area contributed by atoms with E-state index in [-0.39, 0.29) is 27.6 Å². The van der Waals surface area contributed by atoms with Gasteiger partial charge >= 0.3 is 5.69 Å². The minimum atomic E-state index is -0.606. The second kappa shape index (κ2) is 4.85. The fourth-order valence-electron chi connectivity index (χ4n) is 2.18. The molecule has 0 aliphatic rings. The Morgan fingerprint density at radius 3 is 2.76 bits per heavy atom. The lowest BCUT2D eigenvalue weighted by Crippen LogP contribution is -2.29. The van der Waals surface area contributed by atoms with E-state index in [0.29, 0.717) is 6.54 Å². The molecule has 1 aromatic carbocycles. The summed E-state index contributed by atoms with van der Waals surface area (Å²) in [7, 11) is 0. The fourth-order valence-corrected chi connectivity index (χ4v) is 2.43.